The van der Waals surface area contributed by atoms with Crippen molar-refractivity contribution in [3.05, 3.63) is 70.2 Å². The van der Waals surface area contributed by atoms with E-state index in [9.17, 15) is 9.59 Å². The molecule has 2 aromatic rings. The van der Waals surface area contributed by atoms with Gasteiger partial charge in [-0.3, -0.25) is 9.59 Å². The smallest absolute Gasteiger partial charge is 0.306 e. The minimum atomic E-state index is -0.495. The quantitative estimate of drug-likeness (QED) is 0.666. The van der Waals surface area contributed by atoms with Gasteiger partial charge in [-0.2, -0.15) is 0 Å². The third kappa shape index (κ3) is 5.00. The summed E-state index contributed by atoms with van der Waals surface area (Å²) in [6.07, 6.45) is 4.29. The second kappa shape index (κ2) is 9.63. The summed E-state index contributed by atoms with van der Waals surface area (Å²) >= 11 is 6.02. The van der Waals surface area contributed by atoms with Crippen LogP contribution in [0, 0.1) is 5.92 Å². The van der Waals surface area contributed by atoms with E-state index < -0.39 is 11.5 Å². The average Bonchev–Trinajstić information content (AvgIpc) is 3.22. The summed E-state index contributed by atoms with van der Waals surface area (Å²) in [5.74, 6) is -0.722. The molecule has 6 heteroatoms. The SMILES string of the molecule is COC(=O)C[C@H](C(=O)N1CCC[C@@](N)(Cc2ccc(Cl)cc2)C1)[C@H]1CCc2ccccc21. The highest BCUT2D eigenvalue weighted by atomic mass is 35.5. The molecule has 2 aliphatic rings. The number of carbonyl (C=O) groups is 2. The third-order valence-electron chi connectivity index (χ3n) is 6.99. The molecule has 2 aromatic carbocycles. The molecule has 170 valence electrons. The van der Waals surface area contributed by atoms with Gasteiger partial charge in [0, 0.05) is 23.7 Å². The van der Waals surface area contributed by atoms with Crippen molar-refractivity contribution in [2.24, 2.45) is 11.7 Å². The van der Waals surface area contributed by atoms with Gasteiger partial charge in [-0.1, -0.05) is 48.0 Å². The monoisotopic (exact) mass is 454 g/mol. The van der Waals surface area contributed by atoms with Crippen LogP contribution in [-0.2, 0) is 27.2 Å². The molecule has 0 radical (unpaired) electrons. The molecule has 4 rings (SSSR count). The molecule has 1 aliphatic heterocycles. The Kier molecular flexibility index (Phi) is 6.87. The van der Waals surface area contributed by atoms with Crippen molar-refractivity contribution < 1.29 is 14.3 Å². The Balaban J connectivity index is 1.53. The number of halogens is 1. The lowest BCUT2D eigenvalue weighted by atomic mass is 9.81. The van der Waals surface area contributed by atoms with E-state index >= 15 is 0 Å². The molecule has 1 fully saturated rings. The molecule has 0 bridgehead atoms. The molecule has 5 nitrogen and oxygen atoms in total. The fraction of sp³-hybridized carbons (Fsp3) is 0.462. The third-order valence-corrected chi connectivity index (χ3v) is 7.24. The molecule has 1 heterocycles. The molecule has 1 aliphatic carbocycles. The molecule has 32 heavy (non-hydrogen) atoms. The summed E-state index contributed by atoms with van der Waals surface area (Å²) in [5, 5.41) is 0.697. The summed E-state index contributed by atoms with van der Waals surface area (Å²) in [5.41, 5.74) is 9.87. The number of methoxy groups -OCH3 is 1. The summed E-state index contributed by atoms with van der Waals surface area (Å²) in [4.78, 5) is 27.9. The van der Waals surface area contributed by atoms with Crippen molar-refractivity contribution >= 4 is 23.5 Å². The van der Waals surface area contributed by atoms with E-state index in [0.29, 0.717) is 24.5 Å². The van der Waals surface area contributed by atoms with Crippen LogP contribution in [0.4, 0.5) is 0 Å². The van der Waals surface area contributed by atoms with Crippen molar-refractivity contribution in [2.75, 3.05) is 20.2 Å². The number of hydrogen-bond donors (Lipinski definition) is 1. The first kappa shape index (κ1) is 22.8. The van der Waals surface area contributed by atoms with Gasteiger partial charge in [-0.25, -0.2) is 0 Å². The minimum absolute atomic E-state index is 0.0164. The summed E-state index contributed by atoms with van der Waals surface area (Å²) in [6.45, 7) is 1.16. The van der Waals surface area contributed by atoms with Crippen molar-refractivity contribution in [1.82, 2.24) is 4.90 Å². The van der Waals surface area contributed by atoms with E-state index in [1.165, 1.54) is 18.2 Å². The van der Waals surface area contributed by atoms with E-state index in [1.54, 1.807) is 0 Å². The highest BCUT2D eigenvalue weighted by molar-refractivity contribution is 6.30. The van der Waals surface area contributed by atoms with E-state index in [4.69, 9.17) is 22.1 Å². The number of likely N-dealkylation sites (tertiary alicyclic amines) is 1. The molecule has 0 aromatic heterocycles. The zero-order valence-corrected chi connectivity index (χ0v) is 19.3. The number of rotatable bonds is 6. The first-order chi connectivity index (χ1) is 15.4. The Morgan fingerprint density at radius 1 is 1.22 bits per heavy atom. The molecule has 0 unspecified atom stereocenters. The maximum absolute atomic E-state index is 13.8. The molecular formula is C26H31ClN2O3. The zero-order chi connectivity index (χ0) is 22.7. The predicted molar refractivity (Wildman–Crippen MR) is 126 cm³/mol. The Hall–Kier alpha value is -2.37. The number of ether oxygens (including phenoxy) is 1. The Bertz CT molecular complexity index is 977. The van der Waals surface area contributed by atoms with Crippen molar-refractivity contribution in [3.63, 3.8) is 0 Å². The van der Waals surface area contributed by atoms with Crippen LogP contribution in [0.2, 0.25) is 5.02 Å². The molecule has 0 spiro atoms. The number of esters is 1. The van der Waals surface area contributed by atoms with Crippen LogP contribution in [0.3, 0.4) is 0 Å². The lowest BCUT2D eigenvalue weighted by molar-refractivity contribution is -0.148. The number of carbonyl (C=O) groups excluding carboxylic acids is 2. The van der Waals surface area contributed by atoms with Crippen LogP contribution >= 0.6 is 11.6 Å². The highest BCUT2D eigenvalue weighted by Crippen LogP contribution is 2.41. The average molecular weight is 455 g/mol. The second-order valence-corrected chi connectivity index (χ2v) is 9.70. The maximum Gasteiger partial charge on any atom is 0.306 e. The van der Waals surface area contributed by atoms with Crippen LogP contribution in [0.25, 0.3) is 0 Å². The second-order valence-electron chi connectivity index (χ2n) is 9.26. The number of amides is 1. The van der Waals surface area contributed by atoms with Crippen LogP contribution < -0.4 is 5.73 Å². The topological polar surface area (TPSA) is 72.6 Å². The Morgan fingerprint density at radius 2 is 1.97 bits per heavy atom. The van der Waals surface area contributed by atoms with E-state index in [0.717, 1.165) is 31.2 Å². The maximum atomic E-state index is 13.8. The minimum Gasteiger partial charge on any atom is -0.469 e. The number of nitrogens with two attached hydrogens (primary N) is 1. The van der Waals surface area contributed by atoms with Crippen LogP contribution in [-0.4, -0.2) is 42.5 Å². The number of aryl methyl sites for hydroxylation is 1. The van der Waals surface area contributed by atoms with Crippen molar-refractivity contribution in [3.8, 4) is 0 Å². The van der Waals surface area contributed by atoms with Crippen LogP contribution in [0.15, 0.2) is 48.5 Å². The number of piperidine rings is 1. The van der Waals surface area contributed by atoms with E-state index in [2.05, 4.69) is 12.1 Å². The zero-order valence-electron chi connectivity index (χ0n) is 18.6. The van der Waals surface area contributed by atoms with Gasteiger partial charge in [0.05, 0.1) is 19.4 Å². The van der Waals surface area contributed by atoms with Crippen molar-refractivity contribution in [1.29, 1.82) is 0 Å². The van der Waals surface area contributed by atoms with Gasteiger partial charge in [0.25, 0.3) is 0 Å². The largest absolute Gasteiger partial charge is 0.469 e. The van der Waals surface area contributed by atoms with E-state index in [-0.39, 0.29) is 24.2 Å². The Labute approximate surface area is 194 Å². The van der Waals surface area contributed by atoms with Gasteiger partial charge >= 0.3 is 5.97 Å². The van der Waals surface area contributed by atoms with Gasteiger partial charge in [0.15, 0.2) is 0 Å². The van der Waals surface area contributed by atoms with Crippen LogP contribution in [0.1, 0.15) is 48.3 Å². The van der Waals surface area contributed by atoms with Gasteiger partial charge in [0.2, 0.25) is 5.91 Å². The Morgan fingerprint density at radius 3 is 2.72 bits per heavy atom. The summed E-state index contributed by atoms with van der Waals surface area (Å²) in [7, 11) is 1.38. The van der Waals surface area contributed by atoms with Gasteiger partial charge in [-0.05, 0) is 66.8 Å². The summed E-state index contributed by atoms with van der Waals surface area (Å²) in [6, 6.07) is 16.0. The standard InChI is InChI=1S/C26H31ClN2O3/c1-32-24(30)15-23(22-12-9-19-5-2-3-6-21(19)22)25(31)29-14-4-13-26(28,17-29)16-18-7-10-20(27)11-8-18/h2-3,5-8,10-11,22-23H,4,9,12-17,28H2,1H3/t22-,23-,26+/m0/s1. The number of hydrogen-bond acceptors (Lipinski definition) is 4. The lowest BCUT2D eigenvalue weighted by Gasteiger charge is -2.42. The van der Waals surface area contributed by atoms with Crippen molar-refractivity contribution in [2.45, 2.75) is 50.0 Å². The van der Waals surface area contributed by atoms with E-state index in [1.807, 2.05) is 41.3 Å². The first-order valence-corrected chi connectivity index (χ1v) is 11.7. The predicted octanol–water partition coefficient (Wildman–Crippen LogP) is 4.11. The van der Waals surface area contributed by atoms with Gasteiger partial charge < -0.3 is 15.4 Å². The summed E-state index contributed by atoms with van der Waals surface area (Å²) < 4.78 is 4.95. The molecule has 3 atom stereocenters. The normalized spacial score (nSPS) is 23.5. The lowest BCUT2D eigenvalue weighted by Crippen LogP contribution is -2.58. The number of fused-ring (bicyclic) bond motifs is 1. The van der Waals surface area contributed by atoms with Crippen LogP contribution in [0.5, 0.6) is 0 Å². The highest BCUT2D eigenvalue weighted by Gasteiger charge is 2.41. The molecule has 1 saturated heterocycles. The first-order valence-electron chi connectivity index (χ1n) is 11.4. The molecule has 2 N–H and O–H groups in total. The van der Waals surface area contributed by atoms with Gasteiger partial charge in [-0.15, -0.1) is 0 Å². The van der Waals surface area contributed by atoms with Gasteiger partial charge in [0.1, 0.15) is 0 Å². The fourth-order valence-corrected chi connectivity index (χ4v) is 5.53. The molecular weight excluding hydrogens is 424 g/mol. The molecule has 1 amide bonds. The molecule has 0 saturated carbocycles. The fourth-order valence-electron chi connectivity index (χ4n) is 5.41. The number of benzene rings is 2. The number of nitrogens with zero attached hydrogens (tertiary/aromatic N) is 1.